The largest absolute Gasteiger partial charge is 0.446 e. The Labute approximate surface area is 157 Å². The van der Waals surface area contributed by atoms with Crippen LogP contribution in [0.25, 0.3) is 0 Å². The van der Waals surface area contributed by atoms with Crippen molar-refractivity contribution < 1.29 is 14.3 Å². The molecule has 0 aliphatic carbocycles. The predicted molar refractivity (Wildman–Crippen MR) is 104 cm³/mol. The summed E-state index contributed by atoms with van der Waals surface area (Å²) in [7, 11) is 0. The van der Waals surface area contributed by atoms with Crippen LogP contribution in [0.4, 0.5) is 4.79 Å². The molecule has 0 N–H and O–H groups in total. The fourth-order valence-electron chi connectivity index (χ4n) is 3.56. The highest BCUT2D eigenvalue weighted by molar-refractivity contribution is 5.93. The van der Waals surface area contributed by atoms with E-state index in [1.807, 2.05) is 30.3 Å². The Hall–Kier alpha value is -2.10. The average molecular weight is 357 g/mol. The Kier molecular flexibility index (Phi) is 7.43. The van der Waals surface area contributed by atoms with Gasteiger partial charge in [-0.1, -0.05) is 55.8 Å². The number of allylic oxidation sites excluding steroid dienone is 2. The van der Waals surface area contributed by atoms with Crippen LogP contribution in [-0.2, 0) is 9.53 Å². The number of imide groups is 1. The van der Waals surface area contributed by atoms with Gasteiger partial charge in [-0.05, 0) is 50.5 Å². The van der Waals surface area contributed by atoms with Gasteiger partial charge in [0.2, 0.25) is 5.91 Å². The summed E-state index contributed by atoms with van der Waals surface area (Å²) in [6.45, 7) is 8.79. The Morgan fingerprint density at radius 1 is 1.23 bits per heavy atom. The summed E-state index contributed by atoms with van der Waals surface area (Å²) >= 11 is 0. The van der Waals surface area contributed by atoms with Crippen LogP contribution in [0.15, 0.2) is 42.0 Å². The summed E-state index contributed by atoms with van der Waals surface area (Å²) in [6.07, 6.45) is 5.32. The molecule has 0 spiro atoms. The number of cyclic esters (lactones) is 1. The van der Waals surface area contributed by atoms with E-state index in [0.29, 0.717) is 12.3 Å². The molecule has 1 aromatic rings. The number of hydrogen-bond donors (Lipinski definition) is 0. The molecule has 1 aliphatic heterocycles. The van der Waals surface area contributed by atoms with Crippen molar-refractivity contribution in [1.82, 2.24) is 4.90 Å². The van der Waals surface area contributed by atoms with Crippen molar-refractivity contribution in [2.45, 2.75) is 59.4 Å². The molecular formula is C22H31NO3. The number of benzene rings is 1. The lowest BCUT2D eigenvalue weighted by molar-refractivity contribution is -0.130. The van der Waals surface area contributed by atoms with E-state index in [1.54, 1.807) is 0 Å². The zero-order valence-corrected chi connectivity index (χ0v) is 16.4. The Balaban J connectivity index is 1.90. The van der Waals surface area contributed by atoms with Crippen LogP contribution in [0.5, 0.6) is 0 Å². The minimum absolute atomic E-state index is 0.134. The highest BCUT2D eigenvalue weighted by Gasteiger charge is 2.38. The first kappa shape index (κ1) is 20.2. The standard InChI is InChI=1S/C22H31NO3/c1-16(2)9-8-10-17(3)13-18(4)14-21(24)23-20(15-26-22(23)25)19-11-6-5-7-12-19/h5-7,9,11-12,17-18,20H,8,10,13-15H2,1-4H3/t17-,18+,20+/m1/s1. The normalized spacial score (nSPS) is 19.0. The van der Waals surface area contributed by atoms with Crippen molar-refractivity contribution in [3.8, 4) is 0 Å². The smallest absolute Gasteiger partial charge is 0.417 e. The van der Waals surface area contributed by atoms with Gasteiger partial charge in [-0.3, -0.25) is 4.79 Å². The van der Waals surface area contributed by atoms with Crippen LogP contribution in [0, 0.1) is 11.8 Å². The van der Waals surface area contributed by atoms with Gasteiger partial charge in [-0.25, -0.2) is 9.69 Å². The third kappa shape index (κ3) is 5.72. The Morgan fingerprint density at radius 3 is 2.58 bits per heavy atom. The second-order valence-electron chi connectivity index (χ2n) is 7.78. The maximum atomic E-state index is 12.8. The van der Waals surface area contributed by atoms with Crippen LogP contribution in [0.3, 0.4) is 0 Å². The molecule has 1 aromatic carbocycles. The maximum Gasteiger partial charge on any atom is 0.417 e. The van der Waals surface area contributed by atoms with E-state index in [9.17, 15) is 9.59 Å². The van der Waals surface area contributed by atoms with Gasteiger partial charge in [-0.15, -0.1) is 0 Å². The fourth-order valence-corrected chi connectivity index (χ4v) is 3.56. The number of rotatable bonds is 8. The van der Waals surface area contributed by atoms with Gasteiger partial charge in [0.25, 0.3) is 0 Å². The average Bonchev–Trinajstić information content (AvgIpc) is 2.96. The molecule has 4 heteroatoms. The zero-order valence-electron chi connectivity index (χ0n) is 16.4. The molecule has 3 atom stereocenters. The van der Waals surface area contributed by atoms with Gasteiger partial charge in [0, 0.05) is 6.42 Å². The second kappa shape index (κ2) is 9.56. The fraction of sp³-hybridized carbons (Fsp3) is 0.545. The van der Waals surface area contributed by atoms with E-state index in [2.05, 4.69) is 33.8 Å². The molecule has 0 saturated carbocycles. The first-order chi connectivity index (χ1) is 12.4. The molecule has 0 bridgehead atoms. The lowest BCUT2D eigenvalue weighted by Crippen LogP contribution is -2.35. The molecule has 0 unspecified atom stereocenters. The lowest BCUT2D eigenvalue weighted by atomic mass is 9.91. The summed E-state index contributed by atoms with van der Waals surface area (Å²) in [6, 6.07) is 9.31. The summed E-state index contributed by atoms with van der Waals surface area (Å²) in [5.74, 6) is 0.670. The predicted octanol–water partition coefficient (Wildman–Crippen LogP) is 5.51. The first-order valence-electron chi connectivity index (χ1n) is 9.55. The molecule has 26 heavy (non-hydrogen) atoms. The number of hydrogen-bond acceptors (Lipinski definition) is 3. The second-order valence-corrected chi connectivity index (χ2v) is 7.78. The van der Waals surface area contributed by atoms with Gasteiger partial charge in [-0.2, -0.15) is 0 Å². The van der Waals surface area contributed by atoms with Crippen LogP contribution >= 0.6 is 0 Å². The van der Waals surface area contributed by atoms with E-state index in [1.165, 1.54) is 10.5 Å². The van der Waals surface area contributed by atoms with Gasteiger partial charge < -0.3 is 4.74 Å². The first-order valence-corrected chi connectivity index (χ1v) is 9.55. The zero-order chi connectivity index (χ0) is 19.1. The molecule has 2 rings (SSSR count). The third-order valence-electron chi connectivity index (χ3n) is 4.87. The van der Waals surface area contributed by atoms with Crippen LogP contribution < -0.4 is 0 Å². The molecule has 142 valence electrons. The molecule has 1 aliphatic rings. The van der Waals surface area contributed by atoms with Crippen LogP contribution in [0.2, 0.25) is 0 Å². The monoisotopic (exact) mass is 357 g/mol. The highest BCUT2D eigenvalue weighted by atomic mass is 16.6. The van der Waals surface area contributed by atoms with Crippen molar-refractivity contribution in [3.05, 3.63) is 47.5 Å². The summed E-state index contributed by atoms with van der Waals surface area (Å²) < 4.78 is 5.15. The summed E-state index contributed by atoms with van der Waals surface area (Å²) in [5.41, 5.74) is 2.29. The minimum atomic E-state index is -0.521. The van der Waals surface area contributed by atoms with E-state index in [4.69, 9.17) is 4.74 Å². The molecule has 0 aromatic heterocycles. The van der Waals surface area contributed by atoms with Crippen molar-refractivity contribution in [3.63, 3.8) is 0 Å². The van der Waals surface area contributed by atoms with Crippen molar-refractivity contribution in [2.75, 3.05) is 6.61 Å². The minimum Gasteiger partial charge on any atom is -0.446 e. The number of nitrogens with zero attached hydrogens (tertiary/aromatic N) is 1. The third-order valence-corrected chi connectivity index (χ3v) is 4.87. The SMILES string of the molecule is CC(C)=CCC[C@@H](C)C[C@H](C)CC(=O)N1C(=O)OC[C@H]1c1ccccc1. The van der Waals surface area contributed by atoms with Crippen LogP contribution in [-0.4, -0.2) is 23.5 Å². The van der Waals surface area contributed by atoms with Gasteiger partial charge in [0.1, 0.15) is 12.6 Å². The summed E-state index contributed by atoms with van der Waals surface area (Å²) in [4.78, 5) is 26.1. The molecule has 2 amide bonds. The van der Waals surface area contributed by atoms with Gasteiger partial charge >= 0.3 is 6.09 Å². The Morgan fingerprint density at radius 2 is 1.92 bits per heavy atom. The van der Waals surface area contributed by atoms with Crippen LogP contribution in [0.1, 0.15) is 65.0 Å². The molecule has 4 nitrogen and oxygen atoms in total. The van der Waals surface area contributed by atoms with Crippen molar-refractivity contribution >= 4 is 12.0 Å². The van der Waals surface area contributed by atoms with Crippen molar-refractivity contribution in [2.24, 2.45) is 11.8 Å². The topological polar surface area (TPSA) is 46.6 Å². The number of ether oxygens (including phenoxy) is 1. The number of carbonyl (C=O) groups excluding carboxylic acids is 2. The van der Waals surface area contributed by atoms with E-state index in [-0.39, 0.29) is 24.5 Å². The maximum absolute atomic E-state index is 12.8. The Bertz CT molecular complexity index is 634. The lowest BCUT2D eigenvalue weighted by Gasteiger charge is -2.22. The number of amides is 2. The quantitative estimate of drug-likeness (QED) is 0.577. The van der Waals surface area contributed by atoms with E-state index < -0.39 is 6.09 Å². The van der Waals surface area contributed by atoms with Gasteiger partial charge in [0.05, 0.1) is 0 Å². The van der Waals surface area contributed by atoms with E-state index in [0.717, 1.165) is 24.8 Å². The molecule has 1 heterocycles. The van der Waals surface area contributed by atoms with Crippen molar-refractivity contribution in [1.29, 1.82) is 0 Å². The summed E-state index contributed by atoms with van der Waals surface area (Å²) in [5, 5.41) is 0. The van der Waals surface area contributed by atoms with E-state index >= 15 is 0 Å². The van der Waals surface area contributed by atoms with Gasteiger partial charge in [0.15, 0.2) is 0 Å². The molecule has 0 radical (unpaired) electrons. The molecule has 1 saturated heterocycles. The highest BCUT2D eigenvalue weighted by Crippen LogP contribution is 2.30. The molecular weight excluding hydrogens is 326 g/mol. The molecule has 1 fully saturated rings. The number of carbonyl (C=O) groups is 2.